The zero-order valence-corrected chi connectivity index (χ0v) is 18.1. The van der Waals surface area contributed by atoms with Crippen molar-refractivity contribution in [3.63, 3.8) is 0 Å². The Kier molecular flexibility index (Phi) is 6.44. The summed E-state index contributed by atoms with van der Waals surface area (Å²) in [7, 11) is 0. The number of aromatic nitrogens is 2. The molecule has 1 saturated heterocycles. The van der Waals surface area contributed by atoms with Gasteiger partial charge in [-0.1, -0.05) is 47.4 Å². The van der Waals surface area contributed by atoms with Crippen LogP contribution in [-0.2, 0) is 10.5 Å². The number of halogens is 1. The van der Waals surface area contributed by atoms with Crippen LogP contribution in [0.3, 0.4) is 0 Å². The molecule has 7 nitrogen and oxygen atoms in total. The van der Waals surface area contributed by atoms with E-state index in [0.717, 1.165) is 17.3 Å². The van der Waals surface area contributed by atoms with Gasteiger partial charge < -0.3 is 0 Å². The number of carbonyl (C=O) groups is 3. The summed E-state index contributed by atoms with van der Waals surface area (Å²) in [5.74, 6) is -0.525. The van der Waals surface area contributed by atoms with Gasteiger partial charge in [0, 0.05) is 11.3 Å². The highest BCUT2D eigenvalue weighted by molar-refractivity contribution is 8.18. The lowest BCUT2D eigenvalue weighted by molar-refractivity contribution is -0.115. The van der Waals surface area contributed by atoms with Crippen molar-refractivity contribution in [2.75, 3.05) is 5.32 Å². The Labute approximate surface area is 188 Å². The second-order valence-electron chi connectivity index (χ2n) is 6.22. The van der Waals surface area contributed by atoms with Crippen molar-refractivity contribution in [2.45, 2.75) is 10.1 Å². The number of nitrogens with zero attached hydrogens (tertiary/aromatic N) is 2. The zero-order valence-electron chi connectivity index (χ0n) is 15.6. The monoisotopic (exact) mass is 472 g/mol. The Hall–Kier alpha value is -3.02. The first-order valence-electron chi connectivity index (χ1n) is 8.83. The molecule has 0 atom stereocenters. The Bertz CT molecular complexity index is 1190. The van der Waals surface area contributed by atoms with Crippen LogP contribution in [0.4, 0.5) is 14.3 Å². The maximum Gasteiger partial charge on any atom is 0.290 e. The first kappa shape index (κ1) is 21.2. The molecule has 0 aliphatic carbocycles. The van der Waals surface area contributed by atoms with Crippen LogP contribution in [0.25, 0.3) is 6.08 Å². The lowest BCUT2D eigenvalue weighted by atomic mass is 10.1. The van der Waals surface area contributed by atoms with Crippen LogP contribution >= 0.6 is 34.9 Å². The van der Waals surface area contributed by atoms with Crippen molar-refractivity contribution >= 4 is 63.1 Å². The molecule has 2 N–H and O–H groups in total. The van der Waals surface area contributed by atoms with E-state index in [2.05, 4.69) is 20.8 Å². The Morgan fingerprint density at radius 3 is 2.68 bits per heavy atom. The molecule has 156 valence electrons. The van der Waals surface area contributed by atoms with Crippen LogP contribution in [0.2, 0.25) is 0 Å². The minimum Gasteiger partial charge on any atom is -0.296 e. The standard InChI is InChI=1S/C20H13FN4O3S3/c21-14-3-1-2-12(8-14)10-29-20-25-24-18(31-20)22-16(26)13-6-4-11(5-7-13)9-15-17(27)23-19(28)30-15/h1-9H,10H2,(H,22,24,26)(H,23,27,28)/b15-9+. The quantitative estimate of drug-likeness (QED) is 0.308. The molecule has 2 aromatic carbocycles. The Balaban J connectivity index is 1.35. The summed E-state index contributed by atoms with van der Waals surface area (Å²) in [6.45, 7) is 0. The molecule has 0 radical (unpaired) electrons. The molecule has 1 aliphatic heterocycles. The van der Waals surface area contributed by atoms with E-state index in [0.29, 0.717) is 31.3 Å². The van der Waals surface area contributed by atoms with Gasteiger partial charge in [-0.2, -0.15) is 0 Å². The third kappa shape index (κ3) is 5.57. The average molecular weight is 473 g/mol. The molecular formula is C20H13FN4O3S3. The van der Waals surface area contributed by atoms with Gasteiger partial charge in [-0.05, 0) is 53.2 Å². The van der Waals surface area contributed by atoms with Crippen LogP contribution in [0.5, 0.6) is 0 Å². The van der Waals surface area contributed by atoms with Crippen LogP contribution in [-0.4, -0.2) is 27.3 Å². The molecule has 2 heterocycles. The van der Waals surface area contributed by atoms with E-state index < -0.39 is 11.1 Å². The van der Waals surface area contributed by atoms with Crippen molar-refractivity contribution in [3.05, 3.63) is 75.9 Å². The molecule has 0 bridgehead atoms. The molecule has 31 heavy (non-hydrogen) atoms. The smallest absolute Gasteiger partial charge is 0.290 e. The second kappa shape index (κ2) is 9.41. The minimum atomic E-state index is -0.431. The second-order valence-corrected chi connectivity index (χ2v) is 9.43. The van der Waals surface area contributed by atoms with Gasteiger partial charge in [0.15, 0.2) is 4.34 Å². The van der Waals surface area contributed by atoms with Gasteiger partial charge in [0.1, 0.15) is 5.82 Å². The highest BCUT2D eigenvalue weighted by Crippen LogP contribution is 2.29. The highest BCUT2D eigenvalue weighted by Gasteiger charge is 2.24. The van der Waals surface area contributed by atoms with Gasteiger partial charge in [0.25, 0.3) is 17.1 Å². The predicted octanol–water partition coefficient (Wildman–Crippen LogP) is 4.55. The van der Waals surface area contributed by atoms with Crippen molar-refractivity contribution in [3.8, 4) is 0 Å². The number of anilines is 1. The first-order chi connectivity index (χ1) is 15.0. The topological polar surface area (TPSA) is 101 Å². The van der Waals surface area contributed by atoms with Crippen LogP contribution in [0.1, 0.15) is 21.5 Å². The number of benzene rings is 2. The Morgan fingerprint density at radius 1 is 1.16 bits per heavy atom. The van der Waals surface area contributed by atoms with Crippen molar-refractivity contribution in [2.24, 2.45) is 0 Å². The van der Waals surface area contributed by atoms with Gasteiger partial charge in [0.05, 0.1) is 4.91 Å². The Morgan fingerprint density at radius 2 is 1.97 bits per heavy atom. The molecule has 3 aromatic rings. The SMILES string of the molecule is O=C1NC(=O)/C(=C\c2ccc(C(=O)Nc3nnc(SCc4cccc(F)c4)s3)cc2)S1. The fourth-order valence-electron chi connectivity index (χ4n) is 2.56. The minimum absolute atomic E-state index is 0.288. The number of carbonyl (C=O) groups excluding carboxylic acids is 3. The van der Waals surface area contributed by atoms with Gasteiger partial charge in [0.2, 0.25) is 5.13 Å². The fraction of sp³-hybridized carbons (Fsp3) is 0.0500. The lowest BCUT2D eigenvalue weighted by Gasteiger charge is -2.02. The lowest BCUT2D eigenvalue weighted by Crippen LogP contribution is -2.17. The van der Waals surface area contributed by atoms with Gasteiger partial charge in [-0.15, -0.1) is 10.2 Å². The fourth-order valence-corrected chi connectivity index (χ4v) is 4.94. The maximum absolute atomic E-state index is 13.2. The van der Waals surface area contributed by atoms with Crippen molar-refractivity contribution < 1.29 is 18.8 Å². The molecule has 4 rings (SSSR count). The number of nitrogens with one attached hydrogen (secondary N) is 2. The molecule has 1 aromatic heterocycles. The van der Waals surface area contributed by atoms with E-state index in [-0.39, 0.29) is 11.7 Å². The number of rotatable bonds is 6. The van der Waals surface area contributed by atoms with E-state index in [9.17, 15) is 18.8 Å². The summed E-state index contributed by atoms with van der Waals surface area (Å²) in [5.41, 5.74) is 1.93. The van der Waals surface area contributed by atoms with Gasteiger partial charge in [-0.3, -0.25) is 25.0 Å². The van der Waals surface area contributed by atoms with Gasteiger partial charge >= 0.3 is 0 Å². The predicted molar refractivity (Wildman–Crippen MR) is 119 cm³/mol. The third-order valence-electron chi connectivity index (χ3n) is 3.99. The normalized spacial score (nSPS) is 14.7. The molecule has 0 saturated carbocycles. The van der Waals surface area contributed by atoms with E-state index in [4.69, 9.17) is 0 Å². The average Bonchev–Trinajstić information content (AvgIpc) is 3.32. The molecule has 0 spiro atoms. The third-order valence-corrected chi connectivity index (χ3v) is 6.84. The molecule has 11 heteroatoms. The first-order valence-corrected chi connectivity index (χ1v) is 11.5. The largest absolute Gasteiger partial charge is 0.296 e. The van der Waals surface area contributed by atoms with Crippen LogP contribution in [0.15, 0.2) is 57.8 Å². The number of imide groups is 1. The summed E-state index contributed by atoms with van der Waals surface area (Å²) < 4.78 is 13.9. The maximum atomic E-state index is 13.2. The molecule has 3 amide bonds. The van der Waals surface area contributed by atoms with Crippen molar-refractivity contribution in [1.82, 2.24) is 15.5 Å². The summed E-state index contributed by atoms with van der Waals surface area (Å²) in [4.78, 5) is 35.6. The van der Waals surface area contributed by atoms with Gasteiger partial charge in [-0.25, -0.2) is 4.39 Å². The summed E-state index contributed by atoms with van der Waals surface area (Å²) in [6.07, 6.45) is 1.58. The van der Waals surface area contributed by atoms with E-state index in [1.807, 2.05) is 6.07 Å². The van der Waals surface area contributed by atoms with E-state index in [1.54, 1.807) is 36.4 Å². The number of thioether (sulfide) groups is 2. The highest BCUT2D eigenvalue weighted by atomic mass is 32.2. The molecule has 1 aliphatic rings. The molecular weight excluding hydrogens is 459 g/mol. The number of hydrogen-bond acceptors (Lipinski definition) is 8. The van der Waals surface area contributed by atoms with Crippen LogP contribution in [0, 0.1) is 5.82 Å². The molecule has 0 unspecified atom stereocenters. The number of amides is 3. The summed E-state index contributed by atoms with van der Waals surface area (Å²) >= 11 is 3.47. The van der Waals surface area contributed by atoms with E-state index in [1.165, 1.54) is 35.2 Å². The zero-order chi connectivity index (χ0) is 21.8. The number of hydrogen-bond donors (Lipinski definition) is 2. The van der Waals surface area contributed by atoms with Crippen molar-refractivity contribution in [1.29, 1.82) is 0 Å². The van der Waals surface area contributed by atoms with Crippen LogP contribution < -0.4 is 10.6 Å². The summed E-state index contributed by atoms with van der Waals surface area (Å²) in [5, 5.41) is 12.8. The van der Waals surface area contributed by atoms with E-state index >= 15 is 0 Å². The summed E-state index contributed by atoms with van der Waals surface area (Å²) in [6, 6.07) is 12.9. The molecule has 1 fully saturated rings.